The van der Waals surface area contributed by atoms with Crippen molar-refractivity contribution in [2.75, 3.05) is 6.54 Å². The molecular formula is C22H25N3O. The first-order valence-corrected chi connectivity index (χ1v) is 9.21. The third-order valence-electron chi connectivity index (χ3n) is 4.44. The normalized spacial score (nSPS) is 10.7. The number of benzene rings is 2. The van der Waals surface area contributed by atoms with Gasteiger partial charge in [0.2, 0.25) is 0 Å². The number of hydrogen-bond acceptors (Lipinski definition) is 2. The number of carbonyl (C=O) groups is 1. The molecule has 0 fully saturated rings. The molecule has 3 rings (SSSR count). The van der Waals surface area contributed by atoms with Gasteiger partial charge in [-0.05, 0) is 49.4 Å². The van der Waals surface area contributed by atoms with Gasteiger partial charge in [-0.2, -0.15) is 5.10 Å². The van der Waals surface area contributed by atoms with Crippen LogP contribution in [0.15, 0.2) is 67.0 Å². The van der Waals surface area contributed by atoms with Crippen LogP contribution in [0.4, 0.5) is 0 Å². The van der Waals surface area contributed by atoms with E-state index in [2.05, 4.69) is 41.6 Å². The number of hydrogen-bond donors (Lipinski definition) is 1. The van der Waals surface area contributed by atoms with Crippen LogP contribution in [0.5, 0.6) is 0 Å². The molecule has 0 saturated heterocycles. The topological polar surface area (TPSA) is 46.9 Å². The SMILES string of the molecule is CCn1cc(-c2cccc(C(=O)NCCCCc3ccccc3)c2)cn1. The van der Waals surface area contributed by atoms with Gasteiger partial charge in [-0.1, -0.05) is 42.5 Å². The number of nitrogens with zero attached hydrogens (tertiary/aromatic N) is 2. The molecule has 0 spiro atoms. The molecule has 4 nitrogen and oxygen atoms in total. The fraction of sp³-hybridized carbons (Fsp3) is 0.273. The van der Waals surface area contributed by atoms with Gasteiger partial charge in [-0.3, -0.25) is 9.48 Å². The van der Waals surface area contributed by atoms with Gasteiger partial charge in [0.15, 0.2) is 0 Å². The molecule has 26 heavy (non-hydrogen) atoms. The Labute approximate surface area is 154 Å². The van der Waals surface area contributed by atoms with E-state index in [9.17, 15) is 4.79 Å². The van der Waals surface area contributed by atoms with Crippen LogP contribution in [-0.4, -0.2) is 22.2 Å². The van der Waals surface area contributed by atoms with Gasteiger partial charge < -0.3 is 5.32 Å². The molecule has 4 heteroatoms. The van der Waals surface area contributed by atoms with Gasteiger partial charge in [-0.25, -0.2) is 0 Å². The molecule has 0 aliphatic carbocycles. The third-order valence-corrected chi connectivity index (χ3v) is 4.44. The number of unbranched alkanes of at least 4 members (excludes halogenated alkanes) is 1. The fourth-order valence-electron chi connectivity index (χ4n) is 2.93. The molecule has 0 atom stereocenters. The van der Waals surface area contributed by atoms with Crippen molar-refractivity contribution < 1.29 is 4.79 Å². The van der Waals surface area contributed by atoms with Crippen molar-refractivity contribution in [1.29, 1.82) is 0 Å². The predicted octanol–water partition coefficient (Wildman–Crippen LogP) is 4.32. The maximum Gasteiger partial charge on any atom is 0.251 e. The largest absolute Gasteiger partial charge is 0.352 e. The molecule has 3 aromatic rings. The molecule has 0 bridgehead atoms. The van der Waals surface area contributed by atoms with Crippen molar-refractivity contribution >= 4 is 5.91 Å². The number of aryl methyl sites for hydroxylation is 2. The lowest BCUT2D eigenvalue weighted by atomic mass is 10.1. The Morgan fingerprint density at radius 1 is 1.04 bits per heavy atom. The summed E-state index contributed by atoms with van der Waals surface area (Å²) in [6.45, 7) is 3.59. The van der Waals surface area contributed by atoms with Gasteiger partial charge in [-0.15, -0.1) is 0 Å². The predicted molar refractivity (Wildman–Crippen MR) is 105 cm³/mol. The Balaban J connectivity index is 1.49. The number of rotatable bonds is 8. The average molecular weight is 347 g/mol. The molecule has 0 saturated carbocycles. The van der Waals surface area contributed by atoms with Crippen LogP contribution in [0.1, 0.15) is 35.7 Å². The second-order valence-corrected chi connectivity index (χ2v) is 6.36. The van der Waals surface area contributed by atoms with E-state index in [-0.39, 0.29) is 5.91 Å². The summed E-state index contributed by atoms with van der Waals surface area (Å²) >= 11 is 0. The van der Waals surface area contributed by atoms with E-state index in [1.165, 1.54) is 5.56 Å². The summed E-state index contributed by atoms with van der Waals surface area (Å²) in [6.07, 6.45) is 6.93. The summed E-state index contributed by atoms with van der Waals surface area (Å²) in [6, 6.07) is 18.2. The zero-order valence-corrected chi connectivity index (χ0v) is 15.2. The van der Waals surface area contributed by atoms with Crippen LogP contribution in [0.3, 0.4) is 0 Å². The second kappa shape index (κ2) is 8.99. The summed E-state index contributed by atoms with van der Waals surface area (Å²) < 4.78 is 1.88. The van der Waals surface area contributed by atoms with Crippen molar-refractivity contribution in [2.45, 2.75) is 32.7 Å². The number of aromatic nitrogens is 2. The Kier molecular flexibility index (Phi) is 6.20. The van der Waals surface area contributed by atoms with Gasteiger partial charge in [0.25, 0.3) is 5.91 Å². The molecule has 134 valence electrons. The maximum absolute atomic E-state index is 12.4. The zero-order valence-electron chi connectivity index (χ0n) is 15.2. The van der Waals surface area contributed by atoms with E-state index in [4.69, 9.17) is 0 Å². The van der Waals surface area contributed by atoms with E-state index in [0.29, 0.717) is 12.1 Å². The van der Waals surface area contributed by atoms with Gasteiger partial charge >= 0.3 is 0 Å². The maximum atomic E-state index is 12.4. The van der Waals surface area contributed by atoms with Gasteiger partial charge in [0.05, 0.1) is 6.20 Å². The highest BCUT2D eigenvalue weighted by molar-refractivity contribution is 5.95. The van der Waals surface area contributed by atoms with Crippen molar-refractivity contribution in [3.63, 3.8) is 0 Å². The monoisotopic (exact) mass is 347 g/mol. The first kappa shape index (κ1) is 17.9. The zero-order chi connectivity index (χ0) is 18.2. The van der Waals surface area contributed by atoms with E-state index in [0.717, 1.165) is 36.9 Å². The van der Waals surface area contributed by atoms with Crippen LogP contribution < -0.4 is 5.32 Å². The highest BCUT2D eigenvalue weighted by Gasteiger charge is 2.08. The molecule has 1 amide bonds. The summed E-state index contributed by atoms with van der Waals surface area (Å²) in [4.78, 5) is 12.4. The third kappa shape index (κ3) is 4.82. The molecule has 1 aromatic heterocycles. The summed E-state index contributed by atoms with van der Waals surface area (Å²) in [5.74, 6) is -0.0190. The van der Waals surface area contributed by atoms with Crippen LogP contribution in [0, 0.1) is 0 Å². The molecular weight excluding hydrogens is 322 g/mol. The quantitative estimate of drug-likeness (QED) is 0.617. The minimum absolute atomic E-state index is 0.0190. The summed E-state index contributed by atoms with van der Waals surface area (Å²) in [5, 5.41) is 7.32. The van der Waals surface area contributed by atoms with Crippen molar-refractivity contribution in [3.8, 4) is 11.1 Å². The highest BCUT2D eigenvalue weighted by Crippen LogP contribution is 2.19. The minimum atomic E-state index is -0.0190. The Morgan fingerprint density at radius 3 is 2.65 bits per heavy atom. The van der Waals surface area contributed by atoms with Crippen molar-refractivity contribution in [3.05, 3.63) is 78.1 Å². The lowest BCUT2D eigenvalue weighted by Gasteiger charge is -2.07. The van der Waals surface area contributed by atoms with Gasteiger partial charge in [0, 0.05) is 30.4 Å². The number of amides is 1. The molecule has 0 radical (unpaired) electrons. The van der Waals surface area contributed by atoms with Crippen LogP contribution in [0.2, 0.25) is 0 Å². The number of carbonyl (C=O) groups excluding carboxylic acids is 1. The van der Waals surface area contributed by atoms with Crippen molar-refractivity contribution in [1.82, 2.24) is 15.1 Å². The van der Waals surface area contributed by atoms with Crippen molar-refractivity contribution in [2.24, 2.45) is 0 Å². The van der Waals surface area contributed by atoms with Crippen LogP contribution in [-0.2, 0) is 13.0 Å². The van der Waals surface area contributed by atoms with E-state index >= 15 is 0 Å². The van der Waals surface area contributed by atoms with Crippen LogP contribution in [0.25, 0.3) is 11.1 Å². The smallest absolute Gasteiger partial charge is 0.251 e. The Morgan fingerprint density at radius 2 is 1.88 bits per heavy atom. The molecule has 0 aliphatic heterocycles. The highest BCUT2D eigenvalue weighted by atomic mass is 16.1. The fourth-order valence-corrected chi connectivity index (χ4v) is 2.93. The molecule has 2 aromatic carbocycles. The number of nitrogens with one attached hydrogen (secondary N) is 1. The minimum Gasteiger partial charge on any atom is -0.352 e. The molecule has 0 aliphatic rings. The van der Waals surface area contributed by atoms with E-state index in [1.807, 2.05) is 47.4 Å². The Hall–Kier alpha value is -2.88. The summed E-state index contributed by atoms with van der Waals surface area (Å²) in [5.41, 5.74) is 4.08. The van der Waals surface area contributed by atoms with Crippen LogP contribution >= 0.6 is 0 Å². The second-order valence-electron chi connectivity index (χ2n) is 6.36. The first-order chi connectivity index (χ1) is 12.8. The Bertz CT molecular complexity index is 839. The molecule has 1 N–H and O–H groups in total. The van der Waals surface area contributed by atoms with Gasteiger partial charge in [0.1, 0.15) is 0 Å². The van der Waals surface area contributed by atoms with E-state index < -0.39 is 0 Å². The standard InChI is InChI=1S/C22H25N3O/c1-2-25-17-21(16-24-25)19-12-8-13-20(15-19)22(26)23-14-7-6-11-18-9-4-3-5-10-18/h3-5,8-10,12-13,15-17H,2,6-7,11,14H2,1H3,(H,23,26). The average Bonchev–Trinajstić information content (AvgIpc) is 3.18. The lowest BCUT2D eigenvalue weighted by Crippen LogP contribution is -2.24. The lowest BCUT2D eigenvalue weighted by molar-refractivity contribution is 0.0953. The first-order valence-electron chi connectivity index (χ1n) is 9.21. The summed E-state index contributed by atoms with van der Waals surface area (Å²) in [7, 11) is 0. The van der Waals surface area contributed by atoms with E-state index in [1.54, 1.807) is 0 Å². The molecule has 0 unspecified atom stereocenters. The molecule has 1 heterocycles.